The third-order valence-electron chi connectivity index (χ3n) is 2.27. The molecule has 0 fully saturated rings. The van der Waals surface area contributed by atoms with Crippen molar-refractivity contribution in [3.05, 3.63) is 11.6 Å². The number of nitrogens with zero attached hydrogens (tertiary/aromatic N) is 2. The minimum atomic E-state index is 0.251. The van der Waals surface area contributed by atoms with Gasteiger partial charge in [-0.3, -0.25) is 4.99 Å². The lowest BCUT2D eigenvalue weighted by molar-refractivity contribution is 0.179. The lowest BCUT2D eigenvalue weighted by atomic mass is 10.4. The second-order valence-corrected chi connectivity index (χ2v) is 6.24. The van der Waals surface area contributed by atoms with Crippen LogP contribution in [-0.4, -0.2) is 50.0 Å². The predicted molar refractivity (Wildman–Crippen MR) is 83.3 cm³/mol. The first kappa shape index (κ1) is 16.3. The molecule has 1 aromatic heterocycles. The van der Waals surface area contributed by atoms with E-state index in [1.165, 1.54) is 0 Å². The number of hydrogen-bond donors (Lipinski definition) is 2. The molecular weight excluding hydrogens is 280 g/mol. The van der Waals surface area contributed by atoms with Crippen LogP contribution in [-0.2, 0) is 4.74 Å². The SMILES string of the molecule is CN=C(NCCCSc1nccs1)NC(C)COC. The number of methoxy groups -OCH3 is 1. The van der Waals surface area contributed by atoms with E-state index >= 15 is 0 Å². The molecule has 1 unspecified atom stereocenters. The van der Waals surface area contributed by atoms with Gasteiger partial charge in [-0.25, -0.2) is 4.98 Å². The van der Waals surface area contributed by atoms with Crippen molar-refractivity contribution in [2.45, 2.75) is 23.7 Å². The second-order valence-electron chi connectivity index (χ2n) is 4.00. The number of nitrogens with one attached hydrogen (secondary N) is 2. The number of aliphatic imine (C=N–C) groups is 1. The van der Waals surface area contributed by atoms with Gasteiger partial charge in [-0.1, -0.05) is 11.8 Å². The van der Waals surface area contributed by atoms with E-state index < -0.39 is 0 Å². The Morgan fingerprint density at radius 1 is 1.63 bits per heavy atom. The number of guanidine groups is 1. The van der Waals surface area contributed by atoms with E-state index in [0.29, 0.717) is 6.61 Å². The molecule has 0 aliphatic carbocycles. The summed E-state index contributed by atoms with van der Waals surface area (Å²) < 4.78 is 6.21. The molecule has 0 radical (unpaired) electrons. The van der Waals surface area contributed by atoms with Crippen LogP contribution < -0.4 is 10.6 Å². The van der Waals surface area contributed by atoms with Crippen molar-refractivity contribution in [3.63, 3.8) is 0 Å². The number of ether oxygens (including phenoxy) is 1. The van der Waals surface area contributed by atoms with Crippen LogP contribution in [0.4, 0.5) is 0 Å². The van der Waals surface area contributed by atoms with E-state index in [0.717, 1.165) is 29.0 Å². The van der Waals surface area contributed by atoms with Crippen molar-refractivity contribution in [2.24, 2.45) is 4.99 Å². The van der Waals surface area contributed by atoms with Gasteiger partial charge in [0.05, 0.1) is 6.61 Å². The zero-order valence-electron chi connectivity index (χ0n) is 11.7. The highest BCUT2D eigenvalue weighted by Gasteiger charge is 2.03. The van der Waals surface area contributed by atoms with Crippen molar-refractivity contribution >= 4 is 29.1 Å². The zero-order chi connectivity index (χ0) is 13.9. The fourth-order valence-corrected chi connectivity index (χ4v) is 3.09. The Morgan fingerprint density at radius 2 is 2.47 bits per heavy atom. The zero-order valence-corrected chi connectivity index (χ0v) is 13.3. The van der Waals surface area contributed by atoms with E-state index in [9.17, 15) is 0 Å². The minimum absolute atomic E-state index is 0.251. The maximum Gasteiger partial charge on any atom is 0.191 e. The largest absolute Gasteiger partial charge is 0.383 e. The molecule has 0 aliphatic heterocycles. The van der Waals surface area contributed by atoms with Crippen molar-refractivity contribution in [3.8, 4) is 0 Å². The van der Waals surface area contributed by atoms with Crippen LogP contribution in [0, 0.1) is 0 Å². The van der Waals surface area contributed by atoms with Crippen LogP contribution in [0.3, 0.4) is 0 Å². The molecule has 0 saturated heterocycles. The number of aromatic nitrogens is 1. The van der Waals surface area contributed by atoms with Crippen LogP contribution in [0.2, 0.25) is 0 Å². The molecule has 0 amide bonds. The monoisotopic (exact) mass is 302 g/mol. The average molecular weight is 302 g/mol. The standard InChI is InChI=1S/C12H22N4OS2/c1-10(9-17-3)16-11(13-2)14-5-4-7-18-12-15-6-8-19-12/h6,8,10H,4-5,7,9H2,1-3H3,(H2,13,14,16). The summed E-state index contributed by atoms with van der Waals surface area (Å²) in [5, 5.41) is 8.56. The lowest BCUT2D eigenvalue weighted by Gasteiger charge is -2.16. The molecule has 0 bridgehead atoms. The summed E-state index contributed by atoms with van der Waals surface area (Å²) in [5.74, 6) is 1.88. The van der Waals surface area contributed by atoms with Gasteiger partial charge in [0.15, 0.2) is 5.96 Å². The van der Waals surface area contributed by atoms with E-state index in [-0.39, 0.29) is 6.04 Å². The summed E-state index contributed by atoms with van der Waals surface area (Å²) in [7, 11) is 3.48. The quantitative estimate of drug-likeness (QED) is 0.332. The summed E-state index contributed by atoms with van der Waals surface area (Å²) in [6, 6.07) is 0.251. The summed E-state index contributed by atoms with van der Waals surface area (Å²) >= 11 is 3.48. The molecule has 1 aromatic rings. The Hall–Kier alpha value is -0.790. The highest BCUT2D eigenvalue weighted by Crippen LogP contribution is 2.20. The third kappa shape index (κ3) is 7.39. The van der Waals surface area contributed by atoms with Gasteiger partial charge in [0.25, 0.3) is 0 Å². The summed E-state index contributed by atoms with van der Waals surface area (Å²) in [4.78, 5) is 8.42. The molecule has 2 N–H and O–H groups in total. The van der Waals surface area contributed by atoms with E-state index in [2.05, 4.69) is 27.5 Å². The Labute approximate surface area is 123 Å². The van der Waals surface area contributed by atoms with E-state index in [1.807, 2.05) is 11.6 Å². The Kier molecular flexibility index (Phi) is 8.61. The molecule has 7 heteroatoms. The minimum Gasteiger partial charge on any atom is -0.383 e. The Bertz CT molecular complexity index is 357. The molecule has 1 rings (SSSR count). The van der Waals surface area contributed by atoms with E-state index in [4.69, 9.17) is 4.74 Å². The Balaban J connectivity index is 2.09. The van der Waals surface area contributed by atoms with Crippen LogP contribution in [0.15, 0.2) is 20.9 Å². The summed E-state index contributed by atoms with van der Waals surface area (Å²) in [5.41, 5.74) is 0. The maximum atomic E-state index is 5.08. The number of hydrogen-bond acceptors (Lipinski definition) is 5. The Morgan fingerprint density at radius 3 is 3.11 bits per heavy atom. The number of thioether (sulfide) groups is 1. The molecule has 5 nitrogen and oxygen atoms in total. The van der Waals surface area contributed by atoms with Gasteiger partial charge in [-0.2, -0.15) is 0 Å². The topological polar surface area (TPSA) is 58.5 Å². The number of thiazole rings is 1. The van der Waals surface area contributed by atoms with Crippen molar-refractivity contribution < 1.29 is 4.74 Å². The summed E-state index contributed by atoms with van der Waals surface area (Å²) in [6.45, 7) is 3.63. The fraction of sp³-hybridized carbons (Fsp3) is 0.667. The van der Waals surface area contributed by atoms with Gasteiger partial charge in [0, 0.05) is 44.1 Å². The molecule has 0 aromatic carbocycles. The van der Waals surface area contributed by atoms with Crippen LogP contribution >= 0.6 is 23.1 Å². The predicted octanol–water partition coefficient (Wildman–Crippen LogP) is 1.83. The molecule has 19 heavy (non-hydrogen) atoms. The average Bonchev–Trinajstić information content (AvgIpc) is 2.90. The normalized spacial score (nSPS) is 13.3. The third-order valence-corrected chi connectivity index (χ3v) is 4.32. The molecule has 108 valence electrons. The van der Waals surface area contributed by atoms with Crippen molar-refractivity contribution in [2.75, 3.05) is 33.1 Å². The molecule has 0 spiro atoms. The fourth-order valence-electron chi connectivity index (χ4n) is 1.44. The molecule has 0 saturated carbocycles. The van der Waals surface area contributed by atoms with Crippen molar-refractivity contribution in [1.82, 2.24) is 15.6 Å². The lowest BCUT2D eigenvalue weighted by Crippen LogP contribution is -2.44. The van der Waals surface area contributed by atoms with E-state index in [1.54, 1.807) is 37.3 Å². The van der Waals surface area contributed by atoms with Gasteiger partial charge in [0.2, 0.25) is 0 Å². The van der Waals surface area contributed by atoms with Crippen LogP contribution in [0.5, 0.6) is 0 Å². The molecule has 1 heterocycles. The molecular formula is C12H22N4OS2. The van der Waals surface area contributed by atoms with Crippen LogP contribution in [0.1, 0.15) is 13.3 Å². The molecule has 1 atom stereocenters. The maximum absolute atomic E-state index is 5.08. The van der Waals surface area contributed by atoms with Gasteiger partial charge in [-0.15, -0.1) is 11.3 Å². The molecule has 0 aliphatic rings. The van der Waals surface area contributed by atoms with Gasteiger partial charge in [0.1, 0.15) is 4.34 Å². The van der Waals surface area contributed by atoms with Gasteiger partial charge < -0.3 is 15.4 Å². The number of rotatable bonds is 8. The first-order valence-electron chi connectivity index (χ1n) is 6.24. The second kappa shape index (κ2) is 10.1. The van der Waals surface area contributed by atoms with Crippen molar-refractivity contribution in [1.29, 1.82) is 0 Å². The van der Waals surface area contributed by atoms with Gasteiger partial charge >= 0.3 is 0 Å². The smallest absolute Gasteiger partial charge is 0.191 e. The summed E-state index contributed by atoms with van der Waals surface area (Å²) in [6.07, 6.45) is 2.91. The highest BCUT2D eigenvalue weighted by atomic mass is 32.2. The highest BCUT2D eigenvalue weighted by molar-refractivity contribution is 8.00. The first-order valence-corrected chi connectivity index (χ1v) is 8.11. The first-order chi connectivity index (χ1) is 9.26. The van der Waals surface area contributed by atoms with Gasteiger partial charge in [-0.05, 0) is 13.3 Å². The van der Waals surface area contributed by atoms with Crippen LogP contribution in [0.25, 0.3) is 0 Å².